The molecule has 2 aromatic carbocycles. The molecule has 2 aromatic heterocycles. The van der Waals surface area contributed by atoms with Crippen molar-refractivity contribution in [1.82, 2.24) is 15.0 Å². The number of hydrogen-bond acceptors (Lipinski definition) is 4. The second-order valence-corrected chi connectivity index (χ2v) is 5.73. The Hall–Kier alpha value is -2.99. The van der Waals surface area contributed by atoms with Crippen LogP contribution in [0.15, 0.2) is 59.4 Å². The number of benzene rings is 2. The van der Waals surface area contributed by atoms with E-state index in [0.29, 0.717) is 5.56 Å². The third kappa shape index (κ3) is 2.72. The second kappa shape index (κ2) is 5.66. The molecule has 0 unspecified atom stereocenters. The third-order valence-electron chi connectivity index (χ3n) is 3.45. The van der Waals surface area contributed by atoms with Gasteiger partial charge in [0.05, 0.1) is 16.5 Å². The zero-order valence-electron chi connectivity index (χ0n) is 12.0. The standard InChI is InChI=1S/C17H12N4OS/c22-17(11-4-2-1-3-5-11)19-12-6-7-13-14(8-12)21-16(20-13)15-9-23-10-18-15/h1-10H,(H,19,22)(H,20,21). The number of carbonyl (C=O) groups excluding carboxylic acids is 1. The topological polar surface area (TPSA) is 70.7 Å². The van der Waals surface area contributed by atoms with Crippen molar-refractivity contribution in [3.63, 3.8) is 0 Å². The van der Waals surface area contributed by atoms with Gasteiger partial charge in [0, 0.05) is 16.6 Å². The van der Waals surface area contributed by atoms with E-state index < -0.39 is 0 Å². The zero-order valence-corrected chi connectivity index (χ0v) is 12.8. The lowest BCUT2D eigenvalue weighted by Gasteiger charge is -2.04. The summed E-state index contributed by atoms with van der Waals surface area (Å²) in [6.07, 6.45) is 0. The van der Waals surface area contributed by atoms with Gasteiger partial charge in [-0.2, -0.15) is 0 Å². The van der Waals surface area contributed by atoms with Gasteiger partial charge in [0.2, 0.25) is 0 Å². The summed E-state index contributed by atoms with van der Waals surface area (Å²) >= 11 is 1.53. The predicted molar refractivity (Wildman–Crippen MR) is 91.6 cm³/mol. The average molecular weight is 320 g/mol. The number of amides is 1. The number of nitrogens with one attached hydrogen (secondary N) is 2. The first-order valence-electron chi connectivity index (χ1n) is 7.04. The van der Waals surface area contributed by atoms with Crippen molar-refractivity contribution in [2.24, 2.45) is 0 Å². The maximum absolute atomic E-state index is 12.2. The van der Waals surface area contributed by atoms with Crippen LogP contribution in [0.1, 0.15) is 10.4 Å². The van der Waals surface area contributed by atoms with E-state index >= 15 is 0 Å². The summed E-state index contributed by atoms with van der Waals surface area (Å²) in [5.74, 6) is 0.594. The van der Waals surface area contributed by atoms with Gasteiger partial charge in [-0.05, 0) is 30.3 Å². The Kier molecular flexibility index (Phi) is 3.36. The van der Waals surface area contributed by atoms with Crippen LogP contribution in [0, 0.1) is 0 Å². The molecule has 0 atom stereocenters. The molecular weight excluding hydrogens is 308 g/mol. The summed E-state index contributed by atoms with van der Waals surface area (Å²) in [5, 5.41) is 4.83. The van der Waals surface area contributed by atoms with Crippen molar-refractivity contribution >= 4 is 34.0 Å². The van der Waals surface area contributed by atoms with Crippen LogP contribution < -0.4 is 5.32 Å². The number of thiazole rings is 1. The summed E-state index contributed by atoms with van der Waals surface area (Å²) in [6, 6.07) is 14.7. The van der Waals surface area contributed by atoms with Gasteiger partial charge in [-0.3, -0.25) is 4.79 Å². The molecule has 1 amide bonds. The van der Waals surface area contributed by atoms with Crippen LogP contribution in [0.5, 0.6) is 0 Å². The van der Waals surface area contributed by atoms with E-state index in [4.69, 9.17) is 0 Å². The number of hydrogen-bond donors (Lipinski definition) is 2. The maximum atomic E-state index is 12.2. The number of anilines is 1. The summed E-state index contributed by atoms with van der Waals surface area (Å²) in [4.78, 5) is 24.2. The van der Waals surface area contributed by atoms with Crippen molar-refractivity contribution in [1.29, 1.82) is 0 Å². The number of H-pyrrole nitrogens is 1. The van der Waals surface area contributed by atoms with Gasteiger partial charge in [-0.25, -0.2) is 9.97 Å². The molecule has 0 fully saturated rings. The largest absolute Gasteiger partial charge is 0.337 e. The number of aromatic amines is 1. The van der Waals surface area contributed by atoms with Crippen LogP contribution in [0.4, 0.5) is 5.69 Å². The van der Waals surface area contributed by atoms with Crippen LogP contribution in [0.2, 0.25) is 0 Å². The van der Waals surface area contributed by atoms with E-state index in [2.05, 4.69) is 20.3 Å². The predicted octanol–water partition coefficient (Wildman–Crippen LogP) is 3.94. The first kappa shape index (κ1) is 13.7. The van der Waals surface area contributed by atoms with Crippen molar-refractivity contribution in [3.8, 4) is 11.5 Å². The third-order valence-corrected chi connectivity index (χ3v) is 4.04. The molecule has 4 aromatic rings. The molecule has 0 bridgehead atoms. The van der Waals surface area contributed by atoms with Crippen molar-refractivity contribution in [2.75, 3.05) is 5.32 Å². The van der Waals surface area contributed by atoms with Gasteiger partial charge >= 0.3 is 0 Å². The van der Waals surface area contributed by atoms with E-state index in [1.807, 2.05) is 41.8 Å². The molecule has 0 spiro atoms. The highest BCUT2D eigenvalue weighted by molar-refractivity contribution is 7.07. The molecule has 2 N–H and O–H groups in total. The van der Waals surface area contributed by atoms with E-state index in [-0.39, 0.29) is 5.91 Å². The molecule has 0 aliphatic carbocycles. The van der Waals surface area contributed by atoms with Crippen LogP contribution in [0.25, 0.3) is 22.6 Å². The Labute approximate surface area is 136 Å². The van der Waals surface area contributed by atoms with Crippen LogP contribution >= 0.6 is 11.3 Å². The maximum Gasteiger partial charge on any atom is 0.255 e. The lowest BCUT2D eigenvalue weighted by molar-refractivity contribution is 0.102. The highest BCUT2D eigenvalue weighted by Crippen LogP contribution is 2.23. The van der Waals surface area contributed by atoms with Crippen molar-refractivity contribution in [3.05, 3.63) is 65.0 Å². The number of aromatic nitrogens is 3. The minimum Gasteiger partial charge on any atom is -0.337 e. The summed E-state index contributed by atoms with van der Waals surface area (Å²) in [6.45, 7) is 0. The Bertz CT molecular complexity index is 961. The molecule has 5 nitrogen and oxygen atoms in total. The first-order chi connectivity index (χ1) is 11.3. The number of nitrogens with zero attached hydrogens (tertiary/aromatic N) is 2. The summed E-state index contributed by atoms with van der Waals surface area (Å²) in [5.41, 5.74) is 5.64. The SMILES string of the molecule is O=C(Nc1ccc2nc(-c3cscn3)[nH]c2c1)c1ccccc1. The van der Waals surface area contributed by atoms with Crippen molar-refractivity contribution < 1.29 is 4.79 Å². The zero-order chi connectivity index (χ0) is 15.6. The molecule has 4 rings (SSSR count). The van der Waals surface area contributed by atoms with Crippen molar-refractivity contribution in [2.45, 2.75) is 0 Å². The Morgan fingerprint density at radius 2 is 2.00 bits per heavy atom. The lowest BCUT2D eigenvalue weighted by atomic mass is 10.2. The van der Waals surface area contributed by atoms with E-state index in [9.17, 15) is 4.79 Å². The van der Waals surface area contributed by atoms with Gasteiger partial charge in [0.1, 0.15) is 5.69 Å². The van der Waals surface area contributed by atoms with Gasteiger partial charge < -0.3 is 10.3 Å². The normalized spacial score (nSPS) is 10.8. The van der Waals surface area contributed by atoms with Crippen LogP contribution in [0.3, 0.4) is 0 Å². The summed E-state index contributed by atoms with van der Waals surface area (Å²) in [7, 11) is 0. The molecule has 23 heavy (non-hydrogen) atoms. The molecule has 2 heterocycles. The van der Waals surface area contributed by atoms with E-state index in [1.165, 1.54) is 11.3 Å². The van der Waals surface area contributed by atoms with Crippen LogP contribution in [-0.4, -0.2) is 20.9 Å². The Morgan fingerprint density at radius 3 is 2.78 bits per heavy atom. The number of imidazole rings is 1. The minimum absolute atomic E-state index is 0.135. The Balaban J connectivity index is 1.63. The van der Waals surface area contributed by atoms with Crippen LogP contribution in [-0.2, 0) is 0 Å². The fourth-order valence-corrected chi connectivity index (χ4v) is 2.87. The molecule has 6 heteroatoms. The molecule has 0 saturated heterocycles. The fourth-order valence-electron chi connectivity index (χ4n) is 2.33. The number of fused-ring (bicyclic) bond motifs is 1. The minimum atomic E-state index is -0.135. The average Bonchev–Trinajstić information content (AvgIpc) is 3.24. The molecule has 112 valence electrons. The number of carbonyl (C=O) groups is 1. The molecule has 0 saturated carbocycles. The highest BCUT2D eigenvalue weighted by atomic mass is 32.1. The number of rotatable bonds is 3. The molecule has 0 aliphatic heterocycles. The molecule has 0 radical (unpaired) electrons. The summed E-state index contributed by atoms with van der Waals surface area (Å²) < 4.78 is 0. The van der Waals surface area contributed by atoms with E-state index in [1.54, 1.807) is 17.6 Å². The van der Waals surface area contributed by atoms with Gasteiger partial charge in [0.15, 0.2) is 5.82 Å². The fraction of sp³-hybridized carbons (Fsp3) is 0. The second-order valence-electron chi connectivity index (χ2n) is 5.01. The van der Waals surface area contributed by atoms with E-state index in [0.717, 1.165) is 28.2 Å². The lowest BCUT2D eigenvalue weighted by Crippen LogP contribution is -2.11. The highest BCUT2D eigenvalue weighted by Gasteiger charge is 2.09. The monoisotopic (exact) mass is 320 g/mol. The first-order valence-corrected chi connectivity index (χ1v) is 7.98. The quantitative estimate of drug-likeness (QED) is 0.600. The van der Waals surface area contributed by atoms with Gasteiger partial charge in [0.25, 0.3) is 5.91 Å². The Morgan fingerprint density at radius 1 is 1.13 bits per heavy atom. The smallest absolute Gasteiger partial charge is 0.255 e. The van der Waals surface area contributed by atoms with Gasteiger partial charge in [-0.1, -0.05) is 18.2 Å². The van der Waals surface area contributed by atoms with Gasteiger partial charge in [-0.15, -0.1) is 11.3 Å². The molecule has 0 aliphatic rings. The molecular formula is C17H12N4OS.